The van der Waals surface area contributed by atoms with E-state index in [1.165, 1.54) is 22.5 Å². The monoisotopic (exact) mass is 317 g/mol. The number of rotatable bonds is 3. The maximum atomic E-state index is 4.72. The van der Waals surface area contributed by atoms with Gasteiger partial charge in [0.1, 0.15) is 5.82 Å². The van der Waals surface area contributed by atoms with Crippen molar-refractivity contribution in [3.05, 3.63) is 57.1 Å². The lowest BCUT2D eigenvalue weighted by atomic mass is 10.1. The Balaban J connectivity index is 1.91. The molecule has 0 bridgehead atoms. The lowest BCUT2D eigenvalue weighted by molar-refractivity contribution is 0.754. The van der Waals surface area contributed by atoms with Crippen LogP contribution in [0.25, 0.3) is 0 Å². The lowest BCUT2D eigenvalue weighted by Gasteiger charge is -2.08. The molecule has 19 heavy (non-hydrogen) atoms. The molecule has 0 atom stereocenters. The Kier molecular flexibility index (Phi) is 3.62. The van der Waals surface area contributed by atoms with Crippen LogP contribution in [0.1, 0.15) is 35.3 Å². The van der Waals surface area contributed by atoms with Gasteiger partial charge in [0.2, 0.25) is 0 Å². The van der Waals surface area contributed by atoms with Crippen molar-refractivity contribution in [3.63, 3.8) is 0 Å². The zero-order valence-electron chi connectivity index (χ0n) is 10.9. The molecule has 3 rings (SSSR count). The lowest BCUT2D eigenvalue weighted by Crippen LogP contribution is -2.06. The molecule has 1 N–H and O–H groups in total. The molecular weight excluding hydrogens is 302 g/mol. The van der Waals surface area contributed by atoms with Gasteiger partial charge >= 0.3 is 0 Å². The van der Waals surface area contributed by atoms with Crippen LogP contribution in [-0.4, -0.2) is 9.97 Å². The van der Waals surface area contributed by atoms with Gasteiger partial charge in [0, 0.05) is 35.2 Å². The van der Waals surface area contributed by atoms with Crippen LogP contribution in [-0.2, 0) is 25.9 Å². The largest absolute Gasteiger partial charge is 0.307 e. The summed E-state index contributed by atoms with van der Waals surface area (Å²) in [4.78, 5) is 9.41. The third-order valence-corrected chi connectivity index (χ3v) is 3.96. The van der Waals surface area contributed by atoms with Gasteiger partial charge in [0.15, 0.2) is 0 Å². The fraction of sp³-hybridized carbons (Fsp3) is 0.333. The Bertz CT molecular complexity index is 593. The van der Waals surface area contributed by atoms with Gasteiger partial charge < -0.3 is 5.32 Å². The minimum absolute atomic E-state index is 0.799. The summed E-state index contributed by atoms with van der Waals surface area (Å²) < 4.78 is 1.10. The van der Waals surface area contributed by atoms with Crippen LogP contribution in [0.4, 0.5) is 0 Å². The highest BCUT2D eigenvalue weighted by atomic mass is 79.9. The molecular formula is C15H16BrN3. The van der Waals surface area contributed by atoms with E-state index >= 15 is 0 Å². The van der Waals surface area contributed by atoms with E-state index in [2.05, 4.69) is 52.4 Å². The summed E-state index contributed by atoms with van der Waals surface area (Å²) in [6.07, 6.45) is 1.77. The van der Waals surface area contributed by atoms with Crippen molar-refractivity contribution in [2.75, 3.05) is 0 Å². The number of nitrogens with zero attached hydrogens (tertiary/aromatic N) is 2. The van der Waals surface area contributed by atoms with Crippen molar-refractivity contribution in [1.82, 2.24) is 15.3 Å². The van der Waals surface area contributed by atoms with Crippen LogP contribution in [0.3, 0.4) is 0 Å². The number of nitrogens with one attached hydrogen (secondary N) is 1. The van der Waals surface area contributed by atoms with E-state index in [4.69, 9.17) is 9.97 Å². The van der Waals surface area contributed by atoms with Crippen molar-refractivity contribution in [2.45, 2.75) is 32.9 Å². The second-order valence-electron chi connectivity index (χ2n) is 4.77. The number of halogens is 1. The topological polar surface area (TPSA) is 37.8 Å². The van der Waals surface area contributed by atoms with Gasteiger partial charge in [0.25, 0.3) is 0 Å². The van der Waals surface area contributed by atoms with Crippen molar-refractivity contribution in [2.24, 2.45) is 0 Å². The average molecular weight is 318 g/mol. The van der Waals surface area contributed by atoms with Gasteiger partial charge in [-0.25, -0.2) is 9.97 Å². The Hall–Kier alpha value is -1.26. The van der Waals surface area contributed by atoms with E-state index in [9.17, 15) is 0 Å². The predicted octanol–water partition coefficient (Wildman–Crippen LogP) is 3.00. The Morgan fingerprint density at radius 2 is 1.95 bits per heavy atom. The molecule has 4 heteroatoms. The van der Waals surface area contributed by atoms with E-state index in [0.29, 0.717) is 0 Å². The van der Waals surface area contributed by atoms with Crippen LogP contribution in [0.15, 0.2) is 28.7 Å². The Morgan fingerprint density at radius 1 is 1.16 bits per heavy atom. The molecule has 0 aliphatic carbocycles. The van der Waals surface area contributed by atoms with Gasteiger partial charge in [-0.05, 0) is 24.1 Å². The second kappa shape index (κ2) is 5.39. The molecule has 1 aromatic carbocycles. The summed E-state index contributed by atoms with van der Waals surface area (Å²) in [7, 11) is 0. The SMILES string of the molecule is CCc1nc(Cc2ccc(Br)cc2)nc2c1CNC2. The third kappa shape index (κ3) is 2.69. The van der Waals surface area contributed by atoms with Crippen LogP contribution in [0.5, 0.6) is 0 Å². The van der Waals surface area contributed by atoms with E-state index < -0.39 is 0 Å². The quantitative estimate of drug-likeness (QED) is 0.945. The maximum absolute atomic E-state index is 4.72. The second-order valence-corrected chi connectivity index (χ2v) is 5.69. The maximum Gasteiger partial charge on any atom is 0.133 e. The first kappa shape index (κ1) is 12.8. The standard InChI is InChI=1S/C15H16BrN3/c1-2-13-12-8-17-9-14(12)19-15(18-13)7-10-3-5-11(16)6-4-10/h3-6,17H,2,7-9H2,1H3. The molecule has 0 saturated carbocycles. The number of aromatic nitrogens is 2. The van der Waals surface area contributed by atoms with Crippen LogP contribution >= 0.6 is 15.9 Å². The van der Waals surface area contributed by atoms with Gasteiger partial charge in [0.05, 0.1) is 5.69 Å². The summed E-state index contributed by atoms with van der Waals surface area (Å²) in [5.41, 5.74) is 4.93. The number of hydrogen-bond donors (Lipinski definition) is 1. The number of hydrogen-bond acceptors (Lipinski definition) is 3. The fourth-order valence-electron chi connectivity index (χ4n) is 2.45. The molecule has 0 spiro atoms. The minimum atomic E-state index is 0.799. The average Bonchev–Trinajstić information content (AvgIpc) is 2.89. The van der Waals surface area contributed by atoms with E-state index in [-0.39, 0.29) is 0 Å². The molecule has 0 saturated heterocycles. The predicted molar refractivity (Wildman–Crippen MR) is 78.9 cm³/mol. The highest BCUT2D eigenvalue weighted by molar-refractivity contribution is 9.10. The molecule has 1 aromatic heterocycles. The Labute approximate surface area is 121 Å². The smallest absolute Gasteiger partial charge is 0.133 e. The number of fused-ring (bicyclic) bond motifs is 1. The molecule has 1 aliphatic heterocycles. The summed E-state index contributed by atoms with van der Waals surface area (Å²) in [6.45, 7) is 3.94. The highest BCUT2D eigenvalue weighted by Crippen LogP contribution is 2.19. The van der Waals surface area contributed by atoms with Crippen molar-refractivity contribution >= 4 is 15.9 Å². The molecule has 3 nitrogen and oxygen atoms in total. The van der Waals surface area contributed by atoms with E-state index in [1.54, 1.807) is 0 Å². The molecule has 0 radical (unpaired) electrons. The zero-order valence-corrected chi connectivity index (χ0v) is 12.5. The summed E-state index contributed by atoms with van der Waals surface area (Å²) in [6, 6.07) is 8.35. The molecule has 2 heterocycles. The highest BCUT2D eigenvalue weighted by Gasteiger charge is 2.17. The van der Waals surface area contributed by atoms with E-state index in [0.717, 1.165) is 36.2 Å². The number of aryl methyl sites for hydroxylation is 1. The van der Waals surface area contributed by atoms with Crippen LogP contribution < -0.4 is 5.32 Å². The first-order chi connectivity index (χ1) is 9.26. The van der Waals surface area contributed by atoms with Crippen LogP contribution in [0, 0.1) is 0 Å². The zero-order chi connectivity index (χ0) is 13.2. The molecule has 0 amide bonds. The molecule has 98 valence electrons. The molecule has 1 aliphatic rings. The van der Waals surface area contributed by atoms with Crippen molar-refractivity contribution < 1.29 is 0 Å². The fourth-order valence-corrected chi connectivity index (χ4v) is 2.71. The van der Waals surface area contributed by atoms with Gasteiger partial charge in [-0.2, -0.15) is 0 Å². The first-order valence-corrected chi connectivity index (χ1v) is 7.38. The molecule has 0 fully saturated rings. The summed E-state index contributed by atoms with van der Waals surface area (Å²) in [5, 5.41) is 3.35. The van der Waals surface area contributed by atoms with Gasteiger partial charge in [-0.15, -0.1) is 0 Å². The third-order valence-electron chi connectivity index (χ3n) is 3.43. The molecule has 2 aromatic rings. The van der Waals surface area contributed by atoms with E-state index in [1.807, 2.05) is 0 Å². The van der Waals surface area contributed by atoms with Crippen LogP contribution in [0.2, 0.25) is 0 Å². The summed E-state index contributed by atoms with van der Waals surface area (Å²) in [5.74, 6) is 0.932. The summed E-state index contributed by atoms with van der Waals surface area (Å²) >= 11 is 3.45. The number of benzene rings is 1. The first-order valence-electron chi connectivity index (χ1n) is 6.59. The minimum Gasteiger partial charge on any atom is -0.307 e. The van der Waals surface area contributed by atoms with Gasteiger partial charge in [-0.1, -0.05) is 35.0 Å². The van der Waals surface area contributed by atoms with Gasteiger partial charge in [-0.3, -0.25) is 0 Å². The van der Waals surface area contributed by atoms with Crippen molar-refractivity contribution in [1.29, 1.82) is 0 Å². The normalized spacial score (nSPS) is 13.6. The van der Waals surface area contributed by atoms with Crippen molar-refractivity contribution in [3.8, 4) is 0 Å². The Morgan fingerprint density at radius 3 is 2.68 bits per heavy atom. The molecule has 0 unspecified atom stereocenters.